The molecule has 0 aliphatic carbocycles. The summed E-state index contributed by atoms with van der Waals surface area (Å²) in [5.41, 5.74) is 1.04. The molecule has 1 nitrogen and oxygen atoms in total. The van der Waals surface area contributed by atoms with Gasteiger partial charge < -0.3 is 5.11 Å². The van der Waals surface area contributed by atoms with Crippen molar-refractivity contribution >= 4 is 27.7 Å². The van der Waals surface area contributed by atoms with Crippen molar-refractivity contribution in [3.05, 3.63) is 34.3 Å². The molecule has 3 heteroatoms. The number of hydrogen-bond acceptors (Lipinski definition) is 2. The minimum absolute atomic E-state index is 0.289. The van der Waals surface area contributed by atoms with Crippen molar-refractivity contribution in [2.75, 3.05) is 11.5 Å². The zero-order valence-corrected chi connectivity index (χ0v) is 10.9. The molecule has 1 aromatic rings. The highest BCUT2D eigenvalue weighted by Crippen LogP contribution is 2.33. The first-order valence-corrected chi connectivity index (χ1v) is 7.23. The fourth-order valence-corrected chi connectivity index (χ4v) is 3.55. The van der Waals surface area contributed by atoms with Crippen LogP contribution in [0.4, 0.5) is 0 Å². The van der Waals surface area contributed by atoms with Crippen molar-refractivity contribution in [1.82, 2.24) is 0 Å². The number of rotatable bonds is 2. The van der Waals surface area contributed by atoms with Crippen molar-refractivity contribution in [1.29, 1.82) is 0 Å². The van der Waals surface area contributed by atoms with Crippen LogP contribution in [0.15, 0.2) is 28.7 Å². The largest absolute Gasteiger partial charge is 0.388 e. The molecule has 0 aromatic heterocycles. The second kappa shape index (κ2) is 5.37. The summed E-state index contributed by atoms with van der Waals surface area (Å²) in [5.74, 6) is 2.83. The quantitative estimate of drug-likeness (QED) is 0.896. The van der Waals surface area contributed by atoms with Crippen LogP contribution >= 0.6 is 27.7 Å². The summed E-state index contributed by atoms with van der Waals surface area (Å²) in [6.07, 6.45) is 1.99. The van der Waals surface area contributed by atoms with E-state index in [4.69, 9.17) is 0 Å². The number of aliphatic hydroxyl groups is 1. The van der Waals surface area contributed by atoms with Crippen LogP contribution in [0.3, 0.4) is 0 Å². The van der Waals surface area contributed by atoms with Gasteiger partial charge in [-0.15, -0.1) is 0 Å². The summed E-state index contributed by atoms with van der Waals surface area (Å²) in [4.78, 5) is 0. The van der Waals surface area contributed by atoms with E-state index in [9.17, 15) is 5.11 Å². The van der Waals surface area contributed by atoms with Gasteiger partial charge in [0, 0.05) is 4.47 Å². The molecule has 0 radical (unpaired) electrons. The van der Waals surface area contributed by atoms with E-state index in [0.29, 0.717) is 5.92 Å². The van der Waals surface area contributed by atoms with Gasteiger partial charge in [-0.2, -0.15) is 11.8 Å². The van der Waals surface area contributed by atoms with Crippen LogP contribution < -0.4 is 0 Å². The van der Waals surface area contributed by atoms with Crippen molar-refractivity contribution < 1.29 is 5.11 Å². The second-order valence-electron chi connectivity index (χ2n) is 3.95. The van der Waals surface area contributed by atoms with E-state index in [1.807, 2.05) is 36.0 Å². The number of thioether (sulfide) groups is 1. The summed E-state index contributed by atoms with van der Waals surface area (Å²) in [6.45, 7) is 0. The third-order valence-corrected chi connectivity index (χ3v) is 4.44. The average Bonchev–Trinajstić information content (AvgIpc) is 2.29. The Morgan fingerprint density at radius 2 is 2.07 bits per heavy atom. The third kappa shape index (κ3) is 2.99. The van der Waals surface area contributed by atoms with E-state index in [0.717, 1.165) is 22.9 Å². The zero-order valence-electron chi connectivity index (χ0n) is 8.53. The monoisotopic (exact) mass is 286 g/mol. The van der Waals surface area contributed by atoms with E-state index in [1.54, 1.807) is 0 Å². The summed E-state index contributed by atoms with van der Waals surface area (Å²) >= 11 is 5.43. The predicted molar refractivity (Wildman–Crippen MR) is 69.2 cm³/mol. The summed E-state index contributed by atoms with van der Waals surface area (Å²) in [7, 11) is 0. The molecule has 1 unspecified atom stereocenters. The molecule has 1 aromatic carbocycles. The van der Waals surface area contributed by atoms with Gasteiger partial charge in [0.1, 0.15) is 0 Å². The van der Waals surface area contributed by atoms with Crippen LogP contribution in [0.2, 0.25) is 0 Å². The molecule has 1 fully saturated rings. The Labute approximate surface area is 103 Å². The van der Waals surface area contributed by atoms with Gasteiger partial charge in [0.25, 0.3) is 0 Å². The van der Waals surface area contributed by atoms with Gasteiger partial charge in [-0.1, -0.05) is 28.1 Å². The maximum atomic E-state index is 10.2. The Morgan fingerprint density at radius 1 is 1.33 bits per heavy atom. The lowest BCUT2D eigenvalue weighted by atomic mass is 9.91. The first kappa shape index (κ1) is 11.5. The maximum Gasteiger partial charge on any atom is 0.0819 e. The number of benzene rings is 1. The summed E-state index contributed by atoms with van der Waals surface area (Å²) < 4.78 is 1.05. The molecule has 0 amide bonds. The van der Waals surface area contributed by atoms with Gasteiger partial charge in [0.15, 0.2) is 0 Å². The minimum atomic E-state index is -0.289. The van der Waals surface area contributed by atoms with Crippen molar-refractivity contribution in [3.8, 4) is 0 Å². The fourth-order valence-electron chi connectivity index (χ4n) is 1.99. The highest BCUT2D eigenvalue weighted by atomic mass is 79.9. The molecule has 1 aliphatic rings. The van der Waals surface area contributed by atoms with Crippen molar-refractivity contribution in [2.45, 2.75) is 18.9 Å². The van der Waals surface area contributed by atoms with Crippen LogP contribution in [0.25, 0.3) is 0 Å². The number of halogens is 1. The minimum Gasteiger partial charge on any atom is -0.388 e. The molecule has 1 heterocycles. The van der Waals surface area contributed by atoms with Crippen molar-refractivity contribution in [2.24, 2.45) is 5.92 Å². The van der Waals surface area contributed by atoms with E-state index in [1.165, 1.54) is 11.5 Å². The van der Waals surface area contributed by atoms with E-state index < -0.39 is 0 Å². The van der Waals surface area contributed by atoms with Gasteiger partial charge in [-0.05, 0) is 48.0 Å². The Bertz CT molecular complexity index is 323. The maximum absolute atomic E-state index is 10.2. The Kier molecular flexibility index (Phi) is 4.12. The summed E-state index contributed by atoms with van der Waals surface area (Å²) in [5, 5.41) is 10.2. The van der Waals surface area contributed by atoms with Gasteiger partial charge in [0.05, 0.1) is 6.10 Å². The van der Waals surface area contributed by atoms with Crippen molar-refractivity contribution in [3.63, 3.8) is 0 Å². The lowest BCUT2D eigenvalue weighted by Crippen LogP contribution is -2.18. The molecule has 1 N–H and O–H groups in total. The number of hydrogen-bond donors (Lipinski definition) is 1. The number of aliphatic hydroxyl groups excluding tert-OH is 1. The fraction of sp³-hybridized carbons (Fsp3) is 0.500. The molecular weight excluding hydrogens is 272 g/mol. The first-order valence-electron chi connectivity index (χ1n) is 5.28. The summed E-state index contributed by atoms with van der Waals surface area (Å²) in [6, 6.07) is 8.01. The lowest BCUT2D eigenvalue weighted by Gasteiger charge is -2.26. The topological polar surface area (TPSA) is 20.2 Å². The molecule has 2 rings (SSSR count). The van der Waals surface area contributed by atoms with Crippen LogP contribution in [-0.2, 0) is 0 Å². The average molecular weight is 287 g/mol. The molecule has 82 valence electrons. The van der Waals surface area contributed by atoms with E-state index in [2.05, 4.69) is 15.9 Å². The van der Waals surface area contributed by atoms with Crippen LogP contribution in [0.1, 0.15) is 24.5 Å². The molecule has 1 aliphatic heterocycles. The van der Waals surface area contributed by atoms with Gasteiger partial charge >= 0.3 is 0 Å². The molecular formula is C12H15BrOS. The lowest BCUT2D eigenvalue weighted by molar-refractivity contribution is 0.103. The Morgan fingerprint density at radius 3 is 2.73 bits per heavy atom. The standard InChI is InChI=1S/C12H15BrOS/c13-11-3-1-2-10(8-11)12(14)9-4-6-15-7-5-9/h1-3,8-9,12,14H,4-7H2. The van der Waals surface area contributed by atoms with Gasteiger partial charge in [-0.25, -0.2) is 0 Å². The Hall–Kier alpha value is 0.01000. The Balaban J connectivity index is 2.08. The first-order chi connectivity index (χ1) is 7.27. The van der Waals surface area contributed by atoms with E-state index >= 15 is 0 Å². The molecule has 15 heavy (non-hydrogen) atoms. The molecule has 1 atom stereocenters. The highest BCUT2D eigenvalue weighted by Gasteiger charge is 2.23. The zero-order chi connectivity index (χ0) is 10.7. The SMILES string of the molecule is OC(c1cccc(Br)c1)C1CCSCC1. The molecule has 0 bridgehead atoms. The third-order valence-electron chi connectivity index (χ3n) is 2.90. The van der Waals surface area contributed by atoms with Crippen LogP contribution in [0, 0.1) is 5.92 Å². The van der Waals surface area contributed by atoms with E-state index in [-0.39, 0.29) is 6.10 Å². The predicted octanol–water partition coefficient (Wildman–Crippen LogP) is 3.63. The molecule has 1 saturated heterocycles. The van der Waals surface area contributed by atoms with Gasteiger partial charge in [-0.3, -0.25) is 0 Å². The molecule has 0 spiro atoms. The normalized spacial score (nSPS) is 20.1. The highest BCUT2D eigenvalue weighted by molar-refractivity contribution is 9.10. The van der Waals surface area contributed by atoms with Gasteiger partial charge in [0.2, 0.25) is 0 Å². The van der Waals surface area contributed by atoms with Crippen LogP contribution in [-0.4, -0.2) is 16.6 Å². The van der Waals surface area contributed by atoms with Crippen LogP contribution in [0.5, 0.6) is 0 Å². The smallest absolute Gasteiger partial charge is 0.0819 e. The molecule has 0 saturated carbocycles. The second-order valence-corrected chi connectivity index (χ2v) is 6.09.